The molecule has 2 aromatic rings. The van der Waals surface area contributed by atoms with Crippen LogP contribution in [-0.4, -0.2) is 28.2 Å². The first-order valence-electron chi connectivity index (χ1n) is 7.56. The van der Waals surface area contributed by atoms with E-state index in [2.05, 4.69) is 34.3 Å². The molecular formula is C17H24N4OS. The number of aliphatic hydroxyl groups excluding tert-OH is 1. The van der Waals surface area contributed by atoms with Crippen LogP contribution in [0.4, 0.5) is 11.6 Å². The SMILES string of the molecule is Cc1ccccc1CSc1nc(N)cc(NCC(C)(C)CO)n1. The number of rotatable bonds is 7. The summed E-state index contributed by atoms with van der Waals surface area (Å²) in [5, 5.41) is 13.2. The van der Waals surface area contributed by atoms with Crippen LogP contribution >= 0.6 is 11.8 Å². The fraction of sp³-hybridized carbons (Fsp3) is 0.412. The van der Waals surface area contributed by atoms with Crippen molar-refractivity contribution in [2.24, 2.45) is 5.41 Å². The van der Waals surface area contributed by atoms with E-state index in [1.54, 1.807) is 17.8 Å². The lowest BCUT2D eigenvalue weighted by Crippen LogP contribution is -2.27. The number of aromatic nitrogens is 2. The van der Waals surface area contributed by atoms with Gasteiger partial charge in [0.05, 0.1) is 0 Å². The van der Waals surface area contributed by atoms with Gasteiger partial charge in [0.15, 0.2) is 5.16 Å². The predicted molar refractivity (Wildman–Crippen MR) is 96.5 cm³/mol. The van der Waals surface area contributed by atoms with Crippen LogP contribution in [0.2, 0.25) is 0 Å². The minimum Gasteiger partial charge on any atom is -0.396 e. The maximum Gasteiger partial charge on any atom is 0.191 e. The van der Waals surface area contributed by atoms with Gasteiger partial charge in [-0.25, -0.2) is 9.97 Å². The maximum absolute atomic E-state index is 9.32. The van der Waals surface area contributed by atoms with Crippen molar-refractivity contribution in [1.29, 1.82) is 0 Å². The number of hydrogen-bond donors (Lipinski definition) is 3. The van der Waals surface area contributed by atoms with E-state index in [1.165, 1.54) is 11.1 Å². The molecule has 0 saturated heterocycles. The van der Waals surface area contributed by atoms with Crippen LogP contribution in [0.5, 0.6) is 0 Å². The molecule has 6 heteroatoms. The highest BCUT2D eigenvalue weighted by Gasteiger charge is 2.16. The van der Waals surface area contributed by atoms with E-state index in [9.17, 15) is 5.11 Å². The van der Waals surface area contributed by atoms with Crippen molar-refractivity contribution >= 4 is 23.4 Å². The predicted octanol–water partition coefficient (Wildman–Crippen LogP) is 3.09. The molecular weight excluding hydrogens is 308 g/mol. The van der Waals surface area contributed by atoms with Crippen LogP contribution in [-0.2, 0) is 5.75 Å². The largest absolute Gasteiger partial charge is 0.396 e. The topological polar surface area (TPSA) is 84.1 Å². The lowest BCUT2D eigenvalue weighted by atomic mass is 9.95. The molecule has 0 radical (unpaired) electrons. The third-order valence-electron chi connectivity index (χ3n) is 3.52. The molecule has 4 N–H and O–H groups in total. The Bertz CT molecular complexity index is 661. The molecule has 0 amide bonds. The van der Waals surface area contributed by atoms with Crippen LogP contribution in [0.25, 0.3) is 0 Å². The summed E-state index contributed by atoms with van der Waals surface area (Å²) in [6.45, 7) is 6.79. The Labute approximate surface area is 141 Å². The summed E-state index contributed by atoms with van der Waals surface area (Å²) >= 11 is 1.56. The second kappa shape index (κ2) is 7.66. The van der Waals surface area contributed by atoms with Crippen LogP contribution < -0.4 is 11.1 Å². The molecule has 0 bridgehead atoms. The number of nitrogens with zero attached hydrogens (tertiary/aromatic N) is 2. The van der Waals surface area contributed by atoms with E-state index >= 15 is 0 Å². The molecule has 0 aliphatic carbocycles. The fourth-order valence-electron chi connectivity index (χ4n) is 1.90. The van der Waals surface area contributed by atoms with Crippen molar-refractivity contribution in [1.82, 2.24) is 9.97 Å². The Morgan fingerprint density at radius 2 is 2.00 bits per heavy atom. The second-order valence-corrected chi connectivity index (χ2v) is 7.29. The molecule has 1 aromatic carbocycles. The molecule has 0 unspecified atom stereocenters. The molecule has 1 aromatic heterocycles. The van der Waals surface area contributed by atoms with Crippen molar-refractivity contribution in [2.45, 2.75) is 31.7 Å². The van der Waals surface area contributed by atoms with E-state index < -0.39 is 0 Å². The second-order valence-electron chi connectivity index (χ2n) is 6.35. The summed E-state index contributed by atoms with van der Waals surface area (Å²) in [4.78, 5) is 8.78. The molecule has 5 nitrogen and oxygen atoms in total. The molecule has 23 heavy (non-hydrogen) atoms. The van der Waals surface area contributed by atoms with Crippen molar-refractivity contribution in [3.8, 4) is 0 Å². The van der Waals surface area contributed by atoms with Gasteiger partial charge in [0.2, 0.25) is 0 Å². The average Bonchev–Trinajstić information content (AvgIpc) is 2.52. The van der Waals surface area contributed by atoms with E-state index in [0.29, 0.717) is 23.3 Å². The van der Waals surface area contributed by atoms with Crippen LogP contribution in [0, 0.1) is 12.3 Å². The highest BCUT2D eigenvalue weighted by Crippen LogP contribution is 2.24. The highest BCUT2D eigenvalue weighted by atomic mass is 32.2. The number of aliphatic hydroxyl groups is 1. The van der Waals surface area contributed by atoms with Crippen LogP contribution in [0.3, 0.4) is 0 Å². The standard InChI is InChI=1S/C17H24N4OS/c1-12-6-4-5-7-13(12)9-23-16-20-14(18)8-15(21-16)19-10-17(2,3)11-22/h4-8,22H,9-11H2,1-3H3,(H3,18,19,20,21). The summed E-state index contributed by atoms with van der Waals surface area (Å²) in [6.07, 6.45) is 0. The van der Waals surface area contributed by atoms with Gasteiger partial charge in [-0.2, -0.15) is 0 Å². The van der Waals surface area contributed by atoms with E-state index in [0.717, 1.165) is 5.75 Å². The van der Waals surface area contributed by atoms with Gasteiger partial charge in [0.1, 0.15) is 11.6 Å². The molecule has 124 valence electrons. The van der Waals surface area contributed by atoms with E-state index in [4.69, 9.17) is 5.73 Å². The number of nitrogens with one attached hydrogen (secondary N) is 1. The van der Waals surface area contributed by atoms with Gasteiger partial charge in [0.25, 0.3) is 0 Å². The van der Waals surface area contributed by atoms with Crippen molar-refractivity contribution in [3.05, 3.63) is 41.5 Å². The maximum atomic E-state index is 9.32. The van der Waals surface area contributed by atoms with Gasteiger partial charge < -0.3 is 16.2 Å². The van der Waals surface area contributed by atoms with Gasteiger partial charge >= 0.3 is 0 Å². The van der Waals surface area contributed by atoms with Gasteiger partial charge in [-0.3, -0.25) is 0 Å². The van der Waals surface area contributed by atoms with Crippen molar-refractivity contribution in [2.75, 3.05) is 24.2 Å². The molecule has 0 fully saturated rings. The van der Waals surface area contributed by atoms with E-state index in [-0.39, 0.29) is 12.0 Å². The first kappa shape index (κ1) is 17.6. The van der Waals surface area contributed by atoms with Gasteiger partial charge in [-0.05, 0) is 18.1 Å². The minimum atomic E-state index is -0.214. The Morgan fingerprint density at radius 1 is 1.26 bits per heavy atom. The number of thioether (sulfide) groups is 1. The first-order valence-corrected chi connectivity index (χ1v) is 8.55. The summed E-state index contributed by atoms with van der Waals surface area (Å²) in [7, 11) is 0. The number of anilines is 2. The van der Waals surface area contributed by atoms with Crippen molar-refractivity contribution in [3.63, 3.8) is 0 Å². The summed E-state index contributed by atoms with van der Waals surface area (Å²) < 4.78 is 0. The third kappa shape index (κ3) is 5.41. The Balaban J connectivity index is 2.04. The van der Waals surface area contributed by atoms with Crippen LogP contribution in [0.15, 0.2) is 35.5 Å². The molecule has 0 aliphatic rings. The summed E-state index contributed by atoms with van der Waals surface area (Å²) in [5.74, 6) is 1.93. The Hall–Kier alpha value is -1.79. The first-order chi connectivity index (χ1) is 10.9. The monoisotopic (exact) mass is 332 g/mol. The average molecular weight is 332 g/mol. The van der Waals surface area contributed by atoms with Gasteiger partial charge in [0, 0.05) is 30.4 Å². The number of nitrogen functional groups attached to an aromatic ring is 1. The number of nitrogens with two attached hydrogens (primary N) is 1. The number of benzene rings is 1. The molecule has 0 aliphatic heterocycles. The number of hydrogen-bond acceptors (Lipinski definition) is 6. The Kier molecular flexibility index (Phi) is 5.85. The normalized spacial score (nSPS) is 11.5. The smallest absolute Gasteiger partial charge is 0.191 e. The van der Waals surface area contributed by atoms with Gasteiger partial charge in [-0.15, -0.1) is 0 Å². The summed E-state index contributed by atoms with van der Waals surface area (Å²) in [5.41, 5.74) is 8.18. The highest BCUT2D eigenvalue weighted by molar-refractivity contribution is 7.98. The fourth-order valence-corrected chi connectivity index (χ4v) is 2.84. The van der Waals surface area contributed by atoms with Gasteiger partial charge in [-0.1, -0.05) is 49.9 Å². The molecule has 0 spiro atoms. The van der Waals surface area contributed by atoms with Crippen molar-refractivity contribution < 1.29 is 5.11 Å². The molecule has 2 rings (SSSR count). The summed E-state index contributed by atoms with van der Waals surface area (Å²) in [6, 6.07) is 9.99. The minimum absolute atomic E-state index is 0.107. The molecule has 0 atom stereocenters. The quantitative estimate of drug-likeness (QED) is 0.534. The van der Waals surface area contributed by atoms with E-state index in [1.807, 2.05) is 26.0 Å². The lowest BCUT2D eigenvalue weighted by molar-refractivity contribution is 0.170. The zero-order valence-electron chi connectivity index (χ0n) is 13.8. The molecule has 1 heterocycles. The number of aryl methyl sites for hydroxylation is 1. The zero-order valence-corrected chi connectivity index (χ0v) is 14.7. The zero-order chi connectivity index (χ0) is 16.9. The lowest BCUT2D eigenvalue weighted by Gasteiger charge is -2.22. The molecule has 0 saturated carbocycles. The van der Waals surface area contributed by atoms with Crippen LogP contribution in [0.1, 0.15) is 25.0 Å². The Morgan fingerprint density at radius 3 is 2.70 bits per heavy atom. The third-order valence-corrected chi connectivity index (χ3v) is 4.42.